The van der Waals surface area contributed by atoms with E-state index in [1.807, 2.05) is 6.92 Å². The molecule has 0 rings (SSSR count). The third kappa shape index (κ3) is 7.33. The van der Waals surface area contributed by atoms with E-state index in [0.717, 1.165) is 26.1 Å². The van der Waals surface area contributed by atoms with Crippen LogP contribution in [0.4, 0.5) is 0 Å². The van der Waals surface area contributed by atoms with Crippen molar-refractivity contribution >= 4 is 5.91 Å². The van der Waals surface area contributed by atoms with Crippen molar-refractivity contribution in [2.75, 3.05) is 32.7 Å². The van der Waals surface area contributed by atoms with Gasteiger partial charge in [0.25, 0.3) is 0 Å². The van der Waals surface area contributed by atoms with Crippen LogP contribution in [0.2, 0.25) is 0 Å². The standard InChI is InChI=1S/C11H25N3O/c1-4-6-13-11(15)9-14(5-2)8-10(3)7-12/h10H,4-9,12H2,1-3H3,(H,13,15). The third-order valence-electron chi connectivity index (χ3n) is 2.36. The number of hydrogen-bond acceptors (Lipinski definition) is 3. The van der Waals surface area contributed by atoms with Crippen LogP contribution in [0, 0.1) is 5.92 Å². The highest BCUT2D eigenvalue weighted by Crippen LogP contribution is 1.97. The van der Waals surface area contributed by atoms with Crippen molar-refractivity contribution in [3.63, 3.8) is 0 Å². The maximum Gasteiger partial charge on any atom is 0.234 e. The molecule has 0 radical (unpaired) electrons. The highest BCUT2D eigenvalue weighted by molar-refractivity contribution is 5.77. The van der Waals surface area contributed by atoms with Crippen molar-refractivity contribution < 1.29 is 4.79 Å². The van der Waals surface area contributed by atoms with Gasteiger partial charge in [-0.3, -0.25) is 9.69 Å². The molecular formula is C11H25N3O. The Bertz CT molecular complexity index is 173. The Labute approximate surface area is 93.2 Å². The summed E-state index contributed by atoms with van der Waals surface area (Å²) in [5.74, 6) is 0.562. The molecule has 0 heterocycles. The van der Waals surface area contributed by atoms with Crippen molar-refractivity contribution in [2.24, 2.45) is 11.7 Å². The molecule has 0 aliphatic heterocycles. The van der Waals surface area contributed by atoms with Gasteiger partial charge in [0.1, 0.15) is 0 Å². The van der Waals surface area contributed by atoms with Gasteiger partial charge in [0.05, 0.1) is 6.54 Å². The van der Waals surface area contributed by atoms with E-state index in [1.54, 1.807) is 0 Å². The number of hydrogen-bond donors (Lipinski definition) is 2. The van der Waals surface area contributed by atoms with Crippen LogP contribution in [0.3, 0.4) is 0 Å². The van der Waals surface area contributed by atoms with E-state index in [2.05, 4.69) is 24.1 Å². The fraction of sp³-hybridized carbons (Fsp3) is 0.909. The van der Waals surface area contributed by atoms with Crippen molar-refractivity contribution in [1.82, 2.24) is 10.2 Å². The van der Waals surface area contributed by atoms with Gasteiger partial charge in [-0.15, -0.1) is 0 Å². The number of amides is 1. The quantitative estimate of drug-likeness (QED) is 0.617. The van der Waals surface area contributed by atoms with E-state index in [9.17, 15) is 4.79 Å². The zero-order valence-electron chi connectivity index (χ0n) is 10.3. The Balaban J connectivity index is 3.82. The van der Waals surface area contributed by atoms with Gasteiger partial charge >= 0.3 is 0 Å². The van der Waals surface area contributed by atoms with E-state index >= 15 is 0 Å². The maximum absolute atomic E-state index is 11.5. The molecule has 0 spiro atoms. The van der Waals surface area contributed by atoms with Crippen molar-refractivity contribution in [2.45, 2.75) is 27.2 Å². The first kappa shape index (κ1) is 14.4. The fourth-order valence-electron chi connectivity index (χ4n) is 1.34. The van der Waals surface area contributed by atoms with Gasteiger partial charge in [-0.05, 0) is 25.4 Å². The molecule has 0 fully saturated rings. The molecule has 90 valence electrons. The van der Waals surface area contributed by atoms with Crippen LogP contribution in [-0.4, -0.2) is 43.5 Å². The molecule has 4 nitrogen and oxygen atoms in total. The summed E-state index contributed by atoms with van der Waals surface area (Å²) in [6, 6.07) is 0. The van der Waals surface area contributed by atoms with Crippen LogP contribution in [0.5, 0.6) is 0 Å². The minimum absolute atomic E-state index is 0.114. The van der Waals surface area contributed by atoms with Crippen LogP contribution < -0.4 is 11.1 Å². The summed E-state index contributed by atoms with van der Waals surface area (Å²) in [6.07, 6.45) is 0.983. The largest absolute Gasteiger partial charge is 0.355 e. The summed E-state index contributed by atoms with van der Waals surface area (Å²) in [5.41, 5.74) is 5.56. The van der Waals surface area contributed by atoms with Gasteiger partial charge in [0, 0.05) is 13.1 Å². The highest BCUT2D eigenvalue weighted by atomic mass is 16.2. The van der Waals surface area contributed by atoms with Gasteiger partial charge in [-0.1, -0.05) is 20.8 Å². The summed E-state index contributed by atoms with van der Waals surface area (Å²) in [5, 5.41) is 2.88. The zero-order chi connectivity index (χ0) is 11.7. The van der Waals surface area contributed by atoms with E-state index in [1.165, 1.54) is 0 Å². The SMILES string of the molecule is CCCNC(=O)CN(CC)CC(C)CN. The van der Waals surface area contributed by atoms with Gasteiger partial charge < -0.3 is 11.1 Å². The predicted molar refractivity (Wildman–Crippen MR) is 63.6 cm³/mol. The van der Waals surface area contributed by atoms with Crippen LogP contribution >= 0.6 is 0 Å². The van der Waals surface area contributed by atoms with E-state index in [0.29, 0.717) is 19.0 Å². The molecule has 15 heavy (non-hydrogen) atoms. The molecule has 1 atom stereocenters. The van der Waals surface area contributed by atoms with Gasteiger partial charge in [0.15, 0.2) is 0 Å². The monoisotopic (exact) mass is 215 g/mol. The first-order chi connectivity index (χ1) is 7.13. The summed E-state index contributed by atoms with van der Waals surface area (Å²) in [4.78, 5) is 13.6. The Morgan fingerprint density at radius 3 is 2.60 bits per heavy atom. The second kappa shape index (κ2) is 8.68. The van der Waals surface area contributed by atoms with Crippen molar-refractivity contribution in [3.8, 4) is 0 Å². The average Bonchev–Trinajstić information content (AvgIpc) is 2.25. The number of carbonyl (C=O) groups excluding carboxylic acids is 1. The first-order valence-electron chi connectivity index (χ1n) is 5.83. The van der Waals surface area contributed by atoms with Gasteiger partial charge in [-0.25, -0.2) is 0 Å². The number of carbonyl (C=O) groups is 1. The Kier molecular flexibility index (Phi) is 8.33. The molecule has 0 saturated heterocycles. The molecule has 0 aromatic carbocycles. The lowest BCUT2D eigenvalue weighted by molar-refractivity contribution is -0.122. The molecular weight excluding hydrogens is 190 g/mol. The second-order valence-electron chi connectivity index (χ2n) is 4.02. The average molecular weight is 215 g/mol. The Morgan fingerprint density at radius 2 is 2.13 bits per heavy atom. The van der Waals surface area contributed by atoms with Gasteiger partial charge in [-0.2, -0.15) is 0 Å². The maximum atomic E-state index is 11.5. The highest BCUT2D eigenvalue weighted by Gasteiger charge is 2.10. The molecule has 0 bridgehead atoms. The summed E-state index contributed by atoms with van der Waals surface area (Å²) >= 11 is 0. The second-order valence-corrected chi connectivity index (χ2v) is 4.02. The van der Waals surface area contributed by atoms with E-state index < -0.39 is 0 Å². The molecule has 1 unspecified atom stereocenters. The molecule has 4 heteroatoms. The van der Waals surface area contributed by atoms with Crippen LogP contribution in [0.1, 0.15) is 27.2 Å². The van der Waals surface area contributed by atoms with Crippen LogP contribution in [0.25, 0.3) is 0 Å². The van der Waals surface area contributed by atoms with Crippen molar-refractivity contribution in [1.29, 1.82) is 0 Å². The fourth-order valence-corrected chi connectivity index (χ4v) is 1.34. The van der Waals surface area contributed by atoms with E-state index in [-0.39, 0.29) is 5.91 Å². The summed E-state index contributed by atoms with van der Waals surface area (Å²) in [6.45, 7) is 9.94. The molecule has 0 aliphatic carbocycles. The molecule has 0 saturated carbocycles. The minimum Gasteiger partial charge on any atom is -0.355 e. The predicted octanol–water partition coefficient (Wildman–Crippen LogP) is 0.429. The lowest BCUT2D eigenvalue weighted by Crippen LogP contribution is -2.40. The minimum atomic E-state index is 0.114. The molecule has 0 aliphatic rings. The topological polar surface area (TPSA) is 58.4 Å². The van der Waals surface area contributed by atoms with Gasteiger partial charge in [0.2, 0.25) is 5.91 Å². The number of rotatable bonds is 8. The summed E-state index contributed by atoms with van der Waals surface area (Å²) < 4.78 is 0. The summed E-state index contributed by atoms with van der Waals surface area (Å²) in [7, 11) is 0. The lowest BCUT2D eigenvalue weighted by atomic mass is 10.1. The van der Waals surface area contributed by atoms with E-state index in [4.69, 9.17) is 5.73 Å². The molecule has 1 amide bonds. The number of likely N-dealkylation sites (N-methyl/N-ethyl adjacent to an activating group) is 1. The zero-order valence-corrected chi connectivity index (χ0v) is 10.3. The number of nitrogens with zero attached hydrogens (tertiary/aromatic N) is 1. The normalized spacial score (nSPS) is 12.9. The molecule has 0 aromatic heterocycles. The number of nitrogens with two attached hydrogens (primary N) is 1. The Morgan fingerprint density at radius 1 is 1.47 bits per heavy atom. The van der Waals surface area contributed by atoms with Crippen LogP contribution in [-0.2, 0) is 4.79 Å². The Hall–Kier alpha value is -0.610. The molecule has 0 aromatic rings. The lowest BCUT2D eigenvalue weighted by Gasteiger charge is -2.22. The smallest absolute Gasteiger partial charge is 0.234 e. The van der Waals surface area contributed by atoms with Crippen LogP contribution in [0.15, 0.2) is 0 Å². The third-order valence-corrected chi connectivity index (χ3v) is 2.36. The number of nitrogens with one attached hydrogen (secondary N) is 1. The van der Waals surface area contributed by atoms with Crippen molar-refractivity contribution in [3.05, 3.63) is 0 Å². The first-order valence-corrected chi connectivity index (χ1v) is 5.83. The molecule has 3 N–H and O–H groups in total.